The van der Waals surface area contributed by atoms with Crippen molar-refractivity contribution in [3.05, 3.63) is 35.9 Å². The van der Waals surface area contributed by atoms with Gasteiger partial charge in [0, 0.05) is 11.6 Å². The van der Waals surface area contributed by atoms with Gasteiger partial charge in [0.15, 0.2) is 5.82 Å². The zero-order valence-electron chi connectivity index (χ0n) is 10.9. The molecule has 1 aliphatic carbocycles. The number of rotatable bonds is 2. The molecule has 19 heavy (non-hydrogen) atoms. The third-order valence-electron chi connectivity index (χ3n) is 3.87. The minimum Gasteiger partial charge on any atom is -0.334 e. The smallest absolute Gasteiger partial charge is 0.261 e. The Bertz CT molecular complexity index is 767. The number of nitrogens with zero attached hydrogens (tertiary/aromatic N) is 4. The van der Waals surface area contributed by atoms with Crippen molar-refractivity contribution in [2.45, 2.75) is 32.1 Å². The number of hydrogen-bond acceptors (Lipinski definition) is 4. The number of hydrogen-bond donors (Lipinski definition) is 0. The van der Waals surface area contributed by atoms with E-state index in [1.165, 1.54) is 5.56 Å². The fourth-order valence-corrected chi connectivity index (χ4v) is 2.24. The van der Waals surface area contributed by atoms with E-state index in [0.29, 0.717) is 5.89 Å². The van der Waals surface area contributed by atoms with Gasteiger partial charge < -0.3 is 4.52 Å². The average Bonchev–Trinajstić information content (AvgIpc) is 2.84. The summed E-state index contributed by atoms with van der Waals surface area (Å²) in [6, 6.07) is 4.10. The van der Waals surface area contributed by atoms with Crippen LogP contribution in [-0.2, 0) is 5.41 Å². The maximum atomic E-state index is 5.41. The molecular weight excluding hydrogens is 240 g/mol. The summed E-state index contributed by atoms with van der Waals surface area (Å²) in [5.41, 5.74) is 3.20. The first-order valence-electron chi connectivity index (χ1n) is 6.44. The molecule has 0 N–H and O–H groups in total. The van der Waals surface area contributed by atoms with Crippen LogP contribution in [0.3, 0.4) is 0 Å². The van der Waals surface area contributed by atoms with E-state index in [2.05, 4.69) is 35.2 Å². The minimum atomic E-state index is 0.126. The van der Waals surface area contributed by atoms with Gasteiger partial charge in [-0.05, 0) is 37.5 Å². The number of fused-ring (bicyclic) bond motifs is 1. The SMILES string of the molecule is Cc1ccn2ncc(-c3nc(C4(C)CC4)no3)c2c1. The van der Waals surface area contributed by atoms with Crippen LogP contribution in [0.1, 0.15) is 31.2 Å². The predicted molar refractivity (Wildman–Crippen MR) is 69.8 cm³/mol. The third kappa shape index (κ3) is 1.58. The fraction of sp³-hybridized carbons (Fsp3) is 0.357. The number of aromatic nitrogens is 4. The Hall–Kier alpha value is -2.17. The monoisotopic (exact) mass is 254 g/mol. The Morgan fingerprint density at radius 3 is 3.00 bits per heavy atom. The summed E-state index contributed by atoms with van der Waals surface area (Å²) in [6.45, 7) is 4.23. The minimum absolute atomic E-state index is 0.126. The van der Waals surface area contributed by atoms with Crippen LogP contribution in [0.25, 0.3) is 17.0 Å². The zero-order chi connectivity index (χ0) is 13.0. The highest BCUT2D eigenvalue weighted by Gasteiger charge is 2.43. The van der Waals surface area contributed by atoms with Crippen molar-refractivity contribution in [1.82, 2.24) is 19.8 Å². The summed E-state index contributed by atoms with van der Waals surface area (Å²) in [5, 5.41) is 8.42. The molecule has 0 atom stereocenters. The van der Waals surface area contributed by atoms with E-state index in [9.17, 15) is 0 Å². The molecule has 3 heterocycles. The van der Waals surface area contributed by atoms with Crippen molar-refractivity contribution in [2.24, 2.45) is 0 Å². The molecule has 0 aliphatic heterocycles. The lowest BCUT2D eigenvalue weighted by Crippen LogP contribution is -2.01. The van der Waals surface area contributed by atoms with Gasteiger partial charge >= 0.3 is 0 Å². The van der Waals surface area contributed by atoms with Gasteiger partial charge in [-0.1, -0.05) is 12.1 Å². The van der Waals surface area contributed by atoms with Gasteiger partial charge in [0.25, 0.3) is 5.89 Å². The molecule has 0 radical (unpaired) electrons. The predicted octanol–water partition coefficient (Wildman–Crippen LogP) is 2.74. The highest BCUT2D eigenvalue weighted by Crippen LogP contribution is 2.46. The van der Waals surface area contributed by atoms with E-state index in [-0.39, 0.29) is 5.41 Å². The van der Waals surface area contributed by atoms with E-state index in [1.54, 1.807) is 6.20 Å². The maximum Gasteiger partial charge on any atom is 0.261 e. The standard InChI is InChI=1S/C14H14N4O/c1-9-3-6-18-11(7-9)10(8-15-18)12-16-13(17-19-12)14(2)4-5-14/h3,6-8H,4-5H2,1-2H3. The van der Waals surface area contributed by atoms with Crippen LogP contribution in [0.4, 0.5) is 0 Å². The Balaban J connectivity index is 1.85. The van der Waals surface area contributed by atoms with Crippen LogP contribution < -0.4 is 0 Å². The van der Waals surface area contributed by atoms with Crippen molar-refractivity contribution in [1.29, 1.82) is 0 Å². The van der Waals surface area contributed by atoms with Crippen LogP contribution in [0, 0.1) is 6.92 Å². The van der Waals surface area contributed by atoms with Crippen LogP contribution in [-0.4, -0.2) is 19.8 Å². The Labute approximate surface area is 110 Å². The van der Waals surface area contributed by atoms with E-state index in [4.69, 9.17) is 4.52 Å². The molecule has 4 rings (SSSR count). The van der Waals surface area contributed by atoms with E-state index in [1.807, 2.05) is 16.8 Å². The molecule has 0 amide bonds. The second-order valence-corrected chi connectivity index (χ2v) is 5.58. The summed E-state index contributed by atoms with van der Waals surface area (Å²) in [7, 11) is 0. The zero-order valence-corrected chi connectivity index (χ0v) is 10.9. The molecule has 96 valence electrons. The normalized spacial score (nSPS) is 16.9. The Morgan fingerprint density at radius 1 is 1.37 bits per heavy atom. The highest BCUT2D eigenvalue weighted by molar-refractivity contribution is 5.75. The largest absolute Gasteiger partial charge is 0.334 e. The van der Waals surface area contributed by atoms with Gasteiger partial charge in [0.2, 0.25) is 0 Å². The number of pyridine rings is 1. The van der Waals surface area contributed by atoms with Gasteiger partial charge in [0.1, 0.15) is 0 Å². The quantitative estimate of drug-likeness (QED) is 0.705. The first-order valence-corrected chi connectivity index (χ1v) is 6.44. The summed E-state index contributed by atoms with van der Waals surface area (Å²) < 4.78 is 7.23. The van der Waals surface area contributed by atoms with Gasteiger partial charge in [-0.15, -0.1) is 0 Å². The Morgan fingerprint density at radius 2 is 2.21 bits per heavy atom. The molecule has 5 heteroatoms. The highest BCUT2D eigenvalue weighted by atomic mass is 16.5. The maximum absolute atomic E-state index is 5.41. The molecule has 0 spiro atoms. The van der Waals surface area contributed by atoms with Gasteiger partial charge in [-0.3, -0.25) is 0 Å². The second kappa shape index (κ2) is 3.44. The van der Waals surface area contributed by atoms with Crippen molar-refractivity contribution >= 4 is 5.52 Å². The lowest BCUT2D eigenvalue weighted by molar-refractivity contribution is 0.416. The van der Waals surface area contributed by atoms with Gasteiger partial charge in [-0.25, -0.2) is 4.52 Å². The van der Waals surface area contributed by atoms with Crippen LogP contribution in [0.5, 0.6) is 0 Å². The summed E-state index contributed by atoms with van der Waals surface area (Å²) in [4.78, 5) is 4.54. The van der Waals surface area contributed by atoms with E-state index in [0.717, 1.165) is 29.7 Å². The molecule has 0 bridgehead atoms. The molecular formula is C14H14N4O. The van der Waals surface area contributed by atoms with Gasteiger partial charge in [-0.2, -0.15) is 10.1 Å². The van der Waals surface area contributed by atoms with Crippen LogP contribution in [0.2, 0.25) is 0 Å². The molecule has 0 unspecified atom stereocenters. The van der Waals surface area contributed by atoms with Crippen molar-refractivity contribution in [3.8, 4) is 11.5 Å². The lowest BCUT2D eigenvalue weighted by atomic mass is 10.1. The van der Waals surface area contributed by atoms with Crippen molar-refractivity contribution in [3.63, 3.8) is 0 Å². The van der Waals surface area contributed by atoms with Crippen LogP contribution >= 0.6 is 0 Å². The molecule has 3 aromatic heterocycles. The van der Waals surface area contributed by atoms with Gasteiger partial charge in [0.05, 0.1) is 17.3 Å². The lowest BCUT2D eigenvalue weighted by Gasteiger charge is -1.97. The van der Waals surface area contributed by atoms with Crippen molar-refractivity contribution in [2.75, 3.05) is 0 Å². The second-order valence-electron chi connectivity index (χ2n) is 5.58. The third-order valence-corrected chi connectivity index (χ3v) is 3.87. The average molecular weight is 254 g/mol. The molecule has 5 nitrogen and oxygen atoms in total. The van der Waals surface area contributed by atoms with E-state index >= 15 is 0 Å². The molecule has 1 fully saturated rings. The first-order chi connectivity index (χ1) is 9.16. The first kappa shape index (κ1) is 10.7. The fourth-order valence-electron chi connectivity index (χ4n) is 2.24. The Kier molecular flexibility index (Phi) is 1.94. The molecule has 3 aromatic rings. The number of aryl methyl sites for hydroxylation is 1. The summed E-state index contributed by atoms with van der Waals surface area (Å²) >= 11 is 0. The van der Waals surface area contributed by atoms with Crippen LogP contribution in [0.15, 0.2) is 29.0 Å². The molecule has 0 aromatic carbocycles. The van der Waals surface area contributed by atoms with Crippen molar-refractivity contribution < 1.29 is 4.52 Å². The molecule has 1 aliphatic rings. The summed E-state index contributed by atoms with van der Waals surface area (Å²) in [6.07, 6.45) is 5.99. The molecule has 0 saturated heterocycles. The topological polar surface area (TPSA) is 56.2 Å². The van der Waals surface area contributed by atoms with E-state index < -0.39 is 0 Å². The molecule has 1 saturated carbocycles. The summed E-state index contributed by atoms with van der Waals surface area (Å²) in [5.74, 6) is 1.37.